The smallest absolute Gasteiger partial charge is 0.271 e. The van der Waals surface area contributed by atoms with Gasteiger partial charge < -0.3 is 0 Å². The van der Waals surface area contributed by atoms with Crippen molar-refractivity contribution in [3.05, 3.63) is 66.1 Å². The summed E-state index contributed by atoms with van der Waals surface area (Å²) in [6.45, 7) is -0.123. The normalized spacial score (nSPS) is 12.3. The molecule has 6 nitrogen and oxygen atoms in total. The predicted molar refractivity (Wildman–Crippen MR) is 91.9 cm³/mol. The van der Waals surface area contributed by atoms with Crippen molar-refractivity contribution >= 4 is 10.0 Å². The largest absolute Gasteiger partial charge is 0.416 e. The van der Waals surface area contributed by atoms with E-state index in [-0.39, 0.29) is 6.54 Å². The van der Waals surface area contributed by atoms with Crippen LogP contribution in [0.4, 0.5) is 13.2 Å². The van der Waals surface area contributed by atoms with E-state index in [2.05, 4.69) is 14.8 Å². The molecule has 3 aromatic rings. The molecule has 0 saturated heterocycles. The third-order valence-corrected chi connectivity index (χ3v) is 5.25. The van der Waals surface area contributed by atoms with Crippen LogP contribution in [0.2, 0.25) is 0 Å². The van der Waals surface area contributed by atoms with E-state index in [9.17, 15) is 21.6 Å². The van der Waals surface area contributed by atoms with E-state index in [4.69, 9.17) is 0 Å². The van der Waals surface area contributed by atoms with Crippen molar-refractivity contribution in [1.29, 1.82) is 0 Å². The van der Waals surface area contributed by atoms with Crippen LogP contribution >= 0.6 is 0 Å². The Morgan fingerprint density at radius 3 is 2.59 bits per heavy atom. The molecule has 1 N–H and O–H groups in total. The molecule has 3 rings (SSSR count). The molecule has 0 fully saturated rings. The van der Waals surface area contributed by atoms with Gasteiger partial charge in [0.15, 0.2) is 0 Å². The highest BCUT2D eigenvalue weighted by Crippen LogP contribution is 2.30. The van der Waals surface area contributed by atoms with Crippen LogP contribution in [0.25, 0.3) is 11.3 Å². The van der Waals surface area contributed by atoms with Crippen molar-refractivity contribution < 1.29 is 21.6 Å². The van der Waals surface area contributed by atoms with Crippen LogP contribution in [0, 0.1) is 0 Å². The summed E-state index contributed by atoms with van der Waals surface area (Å²) in [6, 6.07) is 8.84. The van der Waals surface area contributed by atoms with Gasteiger partial charge in [-0.2, -0.15) is 18.3 Å². The highest BCUT2D eigenvalue weighted by molar-refractivity contribution is 7.89. The van der Waals surface area contributed by atoms with E-state index >= 15 is 0 Å². The van der Waals surface area contributed by atoms with Crippen molar-refractivity contribution in [1.82, 2.24) is 19.5 Å². The van der Waals surface area contributed by atoms with E-state index in [1.807, 2.05) is 6.07 Å². The summed E-state index contributed by atoms with van der Waals surface area (Å²) < 4.78 is 66.9. The minimum absolute atomic E-state index is 0.123. The summed E-state index contributed by atoms with van der Waals surface area (Å²) in [5, 5.41) is 4.29. The Hall–Kier alpha value is -2.72. The zero-order valence-corrected chi connectivity index (χ0v) is 14.9. The number of nitrogens with zero attached hydrogens (tertiary/aromatic N) is 3. The number of pyridine rings is 1. The van der Waals surface area contributed by atoms with Gasteiger partial charge in [0.05, 0.1) is 28.4 Å². The first kappa shape index (κ1) is 19.1. The molecule has 0 spiro atoms. The molecule has 0 aliphatic heterocycles. The summed E-state index contributed by atoms with van der Waals surface area (Å²) in [5.74, 6) is 0. The van der Waals surface area contributed by atoms with Crippen LogP contribution in [0.15, 0.2) is 59.8 Å². The highest BCUT2D eigenvalue weighted by Gasteiger charge is 2.31. The fourth-order valence-electron chi connectivity index (χ4n) is 2.42. The molecule has 142 valence electrons. The van der Waals surface area contributed by atoms with Crippen LogP contribution in [0.5, 0.6) is 0 Å². The summed E-state index contributed by atoms with van der Waals surface area (Å²) >= 11 is 0. The molecule has 0 aliphatic carbocycles. The van der Waals surface area contributed by atoms with Gasteiger partial charge in [0.1, 0.15) is 0 Å². The minimum Gasteiger partial charge on any atom is -0.271 e. The number of aryl methyl sites for hydroxylation is 1. The first-order valence-electron chi connectivity index (χ1n) is 7.77. The maximum absolute atomic E-state index is 12.8. The van der Waals surface area contributed by atoms with E-state index in [1.54, 1.807) is 31.6 Å². The topological polar surface area (TPSA) is 76.9 Å². The average molecular weight is 396 g/mol. The maximum atomic E-state index is 12.8. The molecule has 0 bridgehead atoms. The van der Waals surface area contributed by atoms with Gasteiger partial charge >= 0.3 is 6.18 Å². The molecule has 0 amide bonds. The zero-order valence-electron chi connectivity index (χ0n) is 14.1. The van der Waals surface area contributed by atoms with Crippen LogP contribution in [0.3, 0.4) is 0 Å². The molecule has 0 saturated carbocycles. The van der Waals surface area contributed by atoms with Gasteiger partial charge in [-0.3, -0.25) is 9.67 Å². The molecule has 0 aliphatic rings. The number of nitrogens with one attached hydrogen (secondary N) is 1. The van der Waals surface area contributed by atoms with Gasteiger partial charge in [-0.05, 0) is 36.4 Å². The number of benzene rings is 1. The molecular weight excluding hydrogens is 381 g/mol. The van der Waals surface area contributed by atoms with Gasteiger partial charge in [-0.25, -0.2) is 13.1 Å². The Morgan fingerprint density at radius 1 is 1.15 bits per heavy atom. The second kappa shape index (κ2) is 7.12. The highest BCUT2D eigenvalue weighted by atomic mass is 32.2. The van der Waals surface area contributed by atoms with E-state index < -0.39 is 26.7 Å². The number of halogens is 3. The quantitative estimate of drug-likeness (QED) is 0.719. The fourth-order valence-corrected chi connectivity index (χ4v) is 3.46. The van der Waals surface area contributed by atoms with Crippen LogP contribution in [0.1, 0.15) is 11.3 Å². The Kier molecular flexibility index (Phi) is 5.03. The third kappa shape index (κ3) is 4.34. The Bertz CT molecular complexity index is 1050. The molecule has 1 aromatic carbocycles. The number of hydrogen-bond donors (Lipinski definition) is 1. The lowest BCUT2D eigenvalue weighted by Crippen LogP contribution is -2.24. The lowest BCUT2D eigenvalue weighted by atomic mass is 10.2. The molecule has 2 heterocycles. The van der Waals surface area contributed by atoms with Crippen molar-refractivity contribution in [2.45, 2.75) is 17.6 Å². The molecule has 27 heavy (non-hydrogen) atoms. The van der Waals surface area contributed by atoms with Crippen LogP contribution in [-0.4, -0.2) is 23.2 Å². The van der Waals surface area contributed by atoms with Crippen LogP contribution in [-0.2, 0) is 29.8 Å². The molecule has 0 radical (unpaired) electrons. The average Bonchev–Trinajstić information content (AvgIpc) is 3.01. The number of sulfonamides is 1. The molecular formula is C17H15F3N4O2S. The first-order chi connectivity index (χ1) is 12.7. The van der Waals surface area contributed by atoms with Gasteiger partial charge in [-0.15, -0.1) is 0 Å². The molecule has 0 unspecified atom stereocenters. The minimum atomic E-state index is -4.62. The first-order valence-corrected chi connectivity index (χ1v) is 9.25. The molecule has 2 aromatic heterocycles. The summed E-state index contributed by atoms with van der Waals surface area (Å²) in [6.07, 6.45) is -1.37. The van der Waals surface area contributed by atoms with Gasteiger partial charge in [0.25, 0.3) is 0 Å². The SMILES string of the molecule is Cn1nc(-c2cccnc2)cc1CNS(=O)(=O)c1cccc(C(F)(F)F)c1. The fraction of sp³-hybridized carbons (Fsp3) is 0.176. The lowest BCUT2D eigenvalue weighted by molar-refractivity contribution is -0.137. The number of hydrogen-bond acceptors (Lipinski definition) is 4. The van der Waals surface area contributed by atoms with Crippen molar-refractivity contribution in [2.75, 3.05) is 0 Å². The zero-order chi connectivity index (χ0) is 19.7. The Labute approximate surface area is 153 Å². The van der Waals surface area contributed by atoms with Crippen molar-refractivity contribution in [3.63, 3.8) is 0 Å². The van der Waals surface area contributed by atoms with E-state index in [0.717, 1.165) is 23.8 Å². The van der Waals surface area contributed by atoms with Crippen molar-refractivity contribution in [2.24, 2.45) is 7.05 Å². The van der Waals surface area contributed by atoms with E-state index in [0.29, 0.717) is 17.5 Å². The standard InChI is InChI=1S/C17H15F3N4O2S/c1-24-14(9-16(23-24)12-4-3-7-21-10-12)11-22-27(25,26)15-6-2-5-13(8-15)17(18,19)20/h2-10,22H,11H2,1H3. The van der Waals surface area contributed by atoms with Crippen LogP contribution < -0.4 is 4.72 Å². The predicted octanol–water partition coefficient (Wildman–Crippen LogP) is 2.98. The summed E-state index contributed by atoms with van der Waals surface area (Å²) in [7, 11) is -2.47. The molecule has 0 atom stereocenters. The van der Waals surface area contributed by atoms with Gasteiger partial charge in [0, 0.05) is 25.0 Å². The number of rotatable bonds is 5. The third-order valence-electron chi connectivity index (χ3n) is 3.85. The monoisotopic (exact) mass is 396 g/mol. The second-order valence-electron chi connectivity index (χ2n) is 5.74. The maximum Gasteiger partial charge on any atom is 0.416 e. The number of aromatic nitrogens is 3. The van der Waals surface area contributed by atoms with E-state index in [1.165, 1.54) is 4.68 Å². The van der Waals surface area contributed by atoms with Gasteiger partial charge in [-0.1, -0.05) is 6.07 Å². The Morgan fingerprint density at radius 2 is 1.93 bits per heavy atom. The second-order valence-corrected chi connectivity index (χ2v) is 7.50. The van der Waals surface area contributed by atoms with Crippen molar-refractivity contribution in [3.8, 4) is 11.3 Å². The van der Waals surface area contributed by atoms with Gasteiger partial charge in [0.2, 0.25) is 10.0 Å². The lowest BCUT2D eigenvalue weighted by Gasteiger charge is -2.10. The summed E-state index contributed by atoms with van der Waals surface area (Å²) in [4.78, 5) is 3.55. The Balaban J connectivity index is 1.80. The summed E-state index contributed by atoms with van der Waals surface area (Å²) in [5.41, 5.74) is 0.896. The molecule has 10 heteroatoms. The number of alkyl halides is 3.